The van der Waals surface area contributed by atoms with Crippen LogP contribution in [-0.2, 0) is 9.53 Å². The summed E-state index contributed by atoms with van der Waals surface area (Å²) in [5.74, 6) is 0.00877. The number of rotatable bonds is 4. The Morgan fingerprint density at radius 1 is 1.29 bits per heavy atom. The zero-order valence-corrected chi connectivity index (χ0v) is 13.1. The van der Waals surface area contributed by atoms with E-state index in [4.69, 9.17) is 4.74 Å². The van der Waals surface area contributed by atoms with Crippen molar-refractivity contribution in [3.05, 3.63) is 0 Å². The zero-order valence-electron chi connectivity index (χ0n) is 13.1. The fourth-order valence-corrected chi connectivity index (χ4v) is 3.00. The molecule has 6 heteroatoms. The lowest BCUT2D eigenvalue weighted by Gasteiger charge is -2.35. The van der Waals surface area contributed by atoms with E-state index in [9.17, 15) is 9.59 Å². The number of likely N-dealkylation sites (tertiary alicyclic amines) is 1. The van der Waals surface area contributed by atoms with E-state index in [1.54, 1.807) is 6.92 Å². The number of nitrogens with zero attached hydrogens (tertiary/aromatic N) is 1. The summed E-state index contributed by atoms with van der Waals surface area (Å²) in [5.41, 5.74) is 0. The van der Waals surface area contributed by atoms with E-state index in [-0.39, 0.29) is 24.1 Å². The van der Waals surface area contributed by atoms with Crippen molar-refractivity contribution in [1.82, 2.24) is 15.5 Å². The first-order valence-electron chi connectivity index (χ1n) is 8.04. The molecule has 2 rings (SSSR count). The highest BCUT2D eigenvalue weighted by atomic mass is 16.5. The Labute approximate surface area is 126 Å². The second-order valence-corrected chi connectivity index (χ2v) is 6.09. The molecule has 3 unspecified atom stereocenters. The summed E-state index contributed by atoms with van der Waals surface area (Å²) >= 11 is 0. The van der Waals surface area contributed by atoms with E-state index >= 15 is 0 Å². The first kappa shape index (κ1) is 16.1. The van der Waals surface area contributed by atoms with Gasteiger partial charge in [0.2, 0.25) is 5.91 Å². The Hall–Kier alpha value is -1.30. The molecule has 0 spiro atoms. The van der Waals surface area contributed by atoms with Crippen LogP contribution in [0.5, 0.6) is 0 Å². The second-order valence-electron chi connectivity index (χ2n) is 6.09. The minimum Gasteiger partial charge on any atom is -0.376 e. The number of carbonyl (C=O) groups excluding carboxylic acids is 2. The molecule has 0 bridgehead atoms. The van der Waals surface area contributed by atoms with Gasteiger partial charge >= 0.3 is 6.03 Å². The van der Waals surface area contributed by atoms with Gasteiger partial charge in [-0.1, -0.05) is 0 Å². The van der Waals surface area contributed by atoms with E-state index in [0.29, 0.717) is 6.54 Å². The summed E-state index contributed by atoms with van der Waals surface area (Å²) in [6, 6.07) is -0.517. The lowest BCUT2D eigenvalue weighted by Crippen LogP contribution is -2.53. The Morgan fingerprint density at radius 2 is 2.10 bits per heavy atom. The average Bonchev–Trinajstić information content (AvgIpc) is 2.98. The first-order chi connectivity index (χ1) is 10.1. The largest absolute Gasteiger partial charge is 0.376 e. The van der Waals surface area contributed by atoms with Gasteiger partial charge in [0, 0.05) is 25.7 Å². The van der Waals surface area contributed by atoms with Crippen LogP contribution in [0.25, 0.3) is 0 Å². The topological polar surface area (TPSA) is 70.7 Å². The average molecular weight is 297 g/mol. The van der Waals surface area contributed by atoms with E-state index in [0.717, 1.165) is 38.8 Å². The molecule has 0 radical (unpaired) electrons. The molecule has 0 aromatic rings. The molecule has 2 aliphatic rings. The van der Waals surface area contributed by atoms with Crippen molar-refractivity contribution in [3.8, 4) is 0 Å². The Balaban J connectivity index is 1.72. The van der Waals surface area contributed by atoms with Gasteiger partial charge in [-0.05, 0) is 46.0 Å². The van der Waals surface area contributed by atoms with Gasteiger partial charge in [-0.15, -0.1) is 0 Å². The van der Waals surface area contributed by atoms with Gasteiger partial charge < -0.3 is 20.3 Å². The molecule has 0 aromatic carbocycles. The minimum atomic E-state index is -0.491. The molecule has 0 saturated carbocycles. The molecular formula is C15H27N3O3. The molecule has 21 heavy (non-hydrogen) atoms. The summed E-state index contributed by atoms with van der Waals surface area (Å²) in [6.45, 7) is 5.89. The molecule has 3 atom stereocenters. The van der Waals surface area contributed by atoms with Crippen LogP contribution in [0.1, 0.15) is 46.0 Å². The summed E-state index contributed by atoms with van der Waals surface area (Å²) in [4.78, 5) is 26.1. The highest BCUT2D eigenvalue weighted by molar-refractivity contribution is 5.87. The molecule has 0 aromatic heterocycles. The van der Waals surface area contributed by atoms with E-state index in [1.165, 1.54) is 6.42 Å². The van der Waals surface area contributed by atoms with Crippen molar-refractivity contribution in [1.29, 1.82) is 0 Å². The van der Waals surface area contributed by atoms with E-state index in [1.807, 2.05) is 4.90 Å². The summed E-state index contributed by atoms with van der Waals surface area (Å²) < 4.78 is 5.45. The fraction of sp³-hybridized carbons (Fsp3) is 0.867. The monoisotopic (exact) mass is 297 g/mol. The van der Waals surface area contributed by atoms with Crippen molar-refractivity contribution in [2.24, 2.45) is 0 Å². The summed E-state index contributed by atoms with van der Waals surface area (Å²) in [6.07, 6.45) is 5.42. The SMILES string of the molecule is CC(NC(=O)NCC1CCCO1)C(=O)N1CCCCC1C. The van der Waals surface area contributed by atoms with Gasteiger partial charge in [0.1, 0.15) is 6.04 Å². The summed E-state index contributed by atoms with van der Waals surface area (Å²) in [5, 5.41) is 5.50. The molecule has 2 saturated heterocycles. The van der Waals surface area contributed by atoms with E-state index in [2.05, 4.69) is 17.6 Å². The minimum absolute atomic E-state index is 0.00877. The zero-order chi connectivity index (χ0) is 15.2. The van der Waals surface area contributed by atoms with Crippen molar-refractivity contribution in [2.75, 3.05) is 19.7 Å². The van der Waals surface area contributed by atoms with Crippen LogP contribution in [0.15, 0.2) is 0 Å². The van der Waals surface area contributed by atoms with Gasteiger partial charge in [-0.3, -0.25) is 4.79 Å². The van der Waals surface area contributed by atoms with E-state index < -0.39 is 6.04 Å². The van der Waals surface area contributed by atoms with Crippen LogP contribution in [0.4, 0.5) is 4.79 Å². The summed E-state index contributed by atoms with van der Waals surface area (Å²) in [7, 11) is 0. The van der Waals surface area contributed by atoms with Crippen molar-refractivity contribution in [3.63, 3.8) is 0 Å². The highest BCUT2D eigenvalue weighted by Gasteiger charge is 2.27. The normalized spacial score (nSPS) is 27.2. The van der Waals surface area contributed by atoms with Crippen LogP contribution >= 0.6 is 0 Å². The first-order valence-corrected chi connectivity index (χ1v) is 8.04. The van der Waals surface area contributed by atoms with Crippen molar-refractivity contribution < 1.29 is 14.3 Å². The van der Waals surface area contributed by atoms with Crippen LogP contribution in [-0.4, -0.2) is 54.7 Å². The molecular weight excluding hydrogens is 270 g/mol. The predicted octanol–water partition coefficient (Wildman–Crippen LogP) is 1.25. The van der Waals surface area contributed by atoms with Crippen molar-refractivity contribution in [2.45, 2.75) is 64.1 Å². The number of amides is 3. The van der Waals surface area contributed by atoms with Crippen molar-refractivity contribution >= 4 is 11.9 Å². The Bertz CT molecular complexity index is 369. The maximum atomic E-state index is 12.4. The van der Waals surface area contributed by atoms with Gasteiger partial charge in [-0.25, -0.2) is 4.79 Å². The Morgan fingerprint density at radius 3 is 2.76 bits per heavy atom. The van der Waals surface area contributed by atoms with Gasteiger partial charge in [0.05, 0.1) is 6.10 Å². The third-order valence-corrected chi connectivity index (χ3v) is 4.32. The number of carbonyl (C=O) groups is 2. The Kier molecular flexibility index (Phi) is 5.85. The highest BCUT2D eigenvalue weighted by Crippen LogP contribution is 2.17. The fourth-order valence-electron chi connectivity index (χ4n) is 3.00. The van der Waals surface area contributed by atoms with Crippen LogP contribution < -0.4 is 10.6 Å². The third kappa shape index (κ3) is 4.59. The third-order valence-electron chi connectivity index (χ3n) is 4.32. The molecule has 2 N–H and O–H groups in total. The molecule has 2 fully saturated rings. The molecule has 0 aliphatic carbocycles. The number of hydrogen-bond acceptors (Lipinski definition) is 3. The van der Waals surface area contributed by atoms with Crippen LogP contribution in [0.3, 0.4) is 0 Å². The molecule has 120 valence electrons. The predicted molar refractivity (Wildman–Crippen MR) is 80.0 cm³/mol. The van der Waals surface area contributed by atoms with Gasteiger partial charge in [-0.2, -0.15) is 0 Å². The molecule has 2 aliphatic heterocycles. The smallest absolute Gasteiger partial charge is 0.315 e. The number of hydrogen-bond donors (Lipinski definition) is 2. The molecule has 6 nitrogen and oxygen atoms in total. The number of urea groups is 1. The maximum absolute atomic E-state index is 12.4. The number of nitrogens with one attached hydrogen (secondary N) is 2. The maximum Gasteiger partial charge on any atom is 0.315 e. The number of ether oxygens (including phenoxy) is 1. The van der Waals surface area contributed by atoms with Crippen LogP contribution in [0, 0.1) is 0 Å². The van der Waals surface area contributed by atoms with Gasteiger partial charge in [0.25, 0.3) is 0 Å². The number of piperidine rings is 1. The molecule has 2 heterocycles. The lowest BCUT2D eigenvalue weighted by molar-refractivity contribution is -0.136. The quantitative estimate of drug-likeness (QED) is 0.820. The van der Waals surface area contributed by atoms with Crippen LogP contribution in [0.2, 0.25) is 0 Å². The standard InChI is InChI=1S/C15H27N3O3/c1-11-6-3-4-8-18(11)14(19)12(2)17-15(20)16-10-13-7-5-9-21-13/h11-13H,3-10H2,1-2H3,(H2,16,17,20). The molecule has 3 amide bonds. The van der Waals surface area contributed by atoms with Gasteiger partial charge in [0.15, 0.2) is 0 Å². The lowest BCUT2D eigenvalue weighted by atomic mass is 10.0. The second kappa shape index (κ2) is 7.64.